The Morgan fingerprint density at radius 3 is 2.32 bits per heavy atom. The summed E-state index contributed by atoms with van der Waals surface area (Å²) in [6, 6.07) is 20.5. The van der Waals surface area contributed by atoms with Crippen molar-refractivity contribution in [1.82, 2.24) is 0 Å². The van der Waals surface area contributed by atoms with Crippen molar-refractivity contribution in [2.75, 3.05) is 0 Å². The second-order valence-electron chi connectivity index (χ2n) is 4.43. The van der Waals surface area contributed by atoms with E-state index in [1.807, 2.05) is 23.6 Å². The van der Waals surface area contributed by atoms with Gasteiger partial charge in [0.1, 0.15) is 11.5 Å². The predicted octanol–water partition coefficient (Wildman–Crippen LogP) is 5.52. The Labute approximate surface area is 117 Å². The second kappa shape index (κ2) is 5.29. The Hall–Kier alpha value is -2.06. The first-order valence-electron chi connectivity index (χ1n) is 6.20. The molecule has 1 aromatic heterocycles. The van der Waals surface area contributed by atoms with E-state index in [0.29, 0.717) is 0 Å². The van der Waals surface area contributed by atoms with Gasteiger partial charge in [-0.1, -0.05) is 48.0 Å². The highest BCUT2D eigenvalue weighted by atomic mass is 32.1. The van der Waals surface area contributed by atoms with E-state index in [1.54, 1.807) is 11.3 Å². The van der Waals surface area contributed by atoms with Crippen molar-refractivity contribution >= 4 is 11.3 Å². The van der Waals surface area contributed by atoms with E-state index in [1.165, 1.54) is 16.0 Å². The maximum Gasteiger partial charge on any atom is 0.138 e. The summed E-state index contributed by atoms with van der Waals surface area (Å²) >= 11 is 1.70. The average Bonchev–Trinajstić information content (AvgIpc) is 2.91. The van der Waals surface area contributed by atoms with E-state index in [2.05, 4.69) is 49.4 Å². The normalized spacial score (nSPS) is 10.4. The Morgan fingerprint density at radius 1 is 0.842 bits per heavy atom. The molecule has 0 bridgehead atoms. The first-order chi connectivity index (χ1) is 9.31. The largest absolute Gasteiger partial charge is 0.456 e. The first kappa shape index (κ1) is 12.0. The van der Waals surface area contributed by atoms with Gasteiger partial charge in [-0.25, -0.2) is 0 Å². The lowest BCUT2D eigenvalue weighted by Gasteiger charge is -2.02. The van der Waals surface area contributed by atoms with Crippen molar-refractivity contribution in [1.29, 1.82) is 0 Å². The summed E-state index contributed by atoms with van der Waals surface area (Å²) in [5.74, 6) is 1.77. The Kier molecular flexibility index (Phi) is 3.34. The van der Waals surface area contributed by atoms with Crippen LogP contribution >= 0.6 is 11.3 Å². The predicted molar refractivity (Wildman–Crippen MR) is 81.0 cm³/mol. The Bertz CT molecular complexity index is 653. The van der Waals surface area contributed by atoms with Crippen LogP contribution in [0.5, 0.6) is 11.5 Å². The zero-order chi connectivity index (χ0) is 13.1. The van der Waals surface area contributed by atoms with Crippen LogP contribution in [0.3, 0.4) is 0 Å². The van der Waals surface area contributed by atoms with E-state index in [4.69, 9.17) is 4.74 Å². The maximum absolute atomic E-state index is 5.85. The summed E-state index contributed by atoms with van der Waals surface area (Å²) < 4.78 is 5.85. The van der Waals surface area contributed by atoms with Crippen LogP contribution in [0.2, 0.25) is 0 Å². The Balaban J connectivity index is 1.80. The minimum atomic E-state index is 0.878. The van der Waals surface area contributed by atoms with Gasteiger partial charge in [0.15, 0.2) is 0 Å². The molecular weight excluding hydrogens is 252 g/mol. The van der Waals surface area contributed by atoms with Gasteiger partial charge >= 0.3 is 0 Å². The van der Waals surface area contributed by atoms with Gasteiger partial charge in [-0.05, 0) is 30.7 Å². The van der Waals surface area contributed by atoms with Gasteiger partial charge in [-0.3, -0.25) is 0 Å². The summed E-state index contributed by atoms with van der Waals surface area (Å²) in [5, 5.41) is 2.04. The highest BCUT2D eigenvalue weighted by Crippen LogP contribution is 2.33. The van der Waals surface area contributed by atoms with Crippen molar-refractivity contribution in [2.45, 2.75) is 6.92 Å². The van der Waals surface area contributed by atoms with E-state index in [-0.39, 0.29) is 0 Å². The van der Waals surface area contributed by atoms with Crippen LogP contribution in [-0.2, 0) is 0 Å². The summed E-state index contributed by atoms with van der Waals surface area (Å²) in [5.41, 5.74) is 2.47. The molecule has 3 rings (SSSR count). The maximum atomic E-state index is 5.85. The quantitative estimate of drug-likeness (QED) is 0.607. The van der Waals surface area contributed by atoms with E-state index in [0.717, 1.165) is 11.5 Å². The molecule has 0 radical (unpaired) electrons. The molecule has 19 heavy (non-hydrogen) atoms. The van der Waals surface area contributed by atoms with Gasteiger partial charge in [0, 0.05) is 10.3 Å². The van der Waals surface area contributed by atoms with Crippen molar-refractivity contribution in [2.24, 2.45) is 0 Å². The molecule has 0 saturated heterocycles. The van der Waals surface area contributed by atoms with Gasteiger partial charge < -0.3 is 4.74 Å². The highest BCUT2D eigenvalue weighted by molar-refractivity contribution is 7.13. The molecular formula is C17H14OS. The van der Waals surface area contributed by atoms with Crippen LogP contribution in [0, 0.1) is 6.92 Å². The summed E-state index contributed by atoms with van der Waals surface area (Å²) in [6.07, 6.45) is 0. The lowest BCUT2D eigenvalue weighted by Crippen LogP contribution is -1.81. The summed E-state index contributed by atoms with van der Waals surface area (Å²) in [4.78, 5) is 1.22. The second-order valence-corrected chi connectivity index (χ2v) is 5.34. The smallest absolute Gasteiger partial charge is 0.138 e. The minimum Gasteiger partial charge on any atom is -0.456 e. The molecule has 2 heteroatoms. The van der Waals surface area contributed by atoms with E-state index in [9.17, 15) is 0 Å². The van der Waals surface area contributed by atoms with Gasteiger partial charge in [0.05, 0.1) is 0 Å². The molecule has 0 atom stereocenters. The third kappa shape index (κ3) is 2.85. The number of ether oxygens (including phenoxy) is 1. The van der Waals surface area contributed by atoms with Crippen LogP contribution in [0.15, 0.2) is 66.0 Å². The molecule has 0 aliphatic heterocycles. The number of aryl methyl sites for hydroxylation is 1. The summed E-state index contributed by atoms with van der Waals surface area (Å²) in [6.45, 7) is 2.07. The molecule has 0 aliphatic carbocycles. The van der Waals surface area contributed by atoms with Crippen LogP contribution in [0.4, 0.5) is 0 Å². The van der Waals surface area contributed by atoms with Gasteiger partial charge in [0.25, 0.3) is 0 Å². The van der Waals surface area contributed by atoms with Gasteiger partial charge in [0.2, 0.25) is 0 Å². The van der Waals surface area contributed by atoms with Crippen LogP contribution in [0.25, 0.3) is 10.4 Å². The highest BCUT2D eigenvalue weighted by Gasteiger charge is 2.04. The third-order valence-electron chi connectivity index (χ3n) is 2.89. The lowest BCUT2D eigenvalue weighted by molar-refractivity contribution is 0.485. The van der Waals surface area contributed by atoms with Gasteiger partial charge in [-0.2, -0.15) is 0 Å². The average molecular weight is 266 g/mol. The molecule has 0 fully saturated rings. The zero-order valence-corrected chi connectivity index (χ0v) is 11.5. The van der Waals surface area contributed by atoms with Crippen LogP contribution < -0.4 is 4.74 Å². The number of rotatable bonds is 3. The van der Waals surface area contributed by atoms with Crippen molar-refractivity contribution < 1.29 is 4.74 Å². The fourth-order valence-corrected chi connectivity index (χ4v) is 2.68. The Morgan fingerprint density at radius 2 is 1.58 bits per heavy atom. The molecule has 0 aliphatic rings. The number of thiophene rings is 1. The SMILES string of the molecule is Cc1ccc(Oc2csc(-c3ccccc3)c2)cc1. The van der Waals surface area contributed by atoms with Crippen LogP contribution in [0.1, 0.15) is 5.56 Å². The molecule has 1 heterocycles. The monoisotopic (exact) mass is 266 g/mol. The molecule has 1 nitrogen and oxygen atoms in total. The molecule has 0 unspecified atom stereocenters. The standard InChI is InChI=1S/C17H14OS/c1-13-7-9-15(10-8-13)18-16-11-17(19-12-16)14-5-3-2-4-6-14/h2-12H,1H3. The first-order valence-corrected chi connectivity index (χ1v) is 7.08. The van der Waals surface area contributed by atoms with Crippen molar-refractivity contribution in [3.8, 4) is 21.9 Å². The van der Waals surface area contributed by atoms with Crippen LogP contribution in [-0.4, -0.2) is 0 Å². The molecule has 0 amide bonds. The van der Waals surface area contributed by atoms with Gasteiger partial charge in [-0.15, -0.1) is 11.3 Å². The zero-order valence-electron chi connectivity index (χ0n) is 10.7. The fourth-order valence-electron chi connectivity index (χ4n) is 1.87. The molecule has 0 spiro atoms. The van der Waals surface area contributed by atoms with E-state index >= 15 is 0 Å². The molecule has 3 aromatic rings. The van der Waals surface area contributed by atoms with E-state index < -0.39 is 0 Å². The minimum absolute atomic E-state index is 0.878. The number of hydrogen-bond acceptors (Lipinski definition) is 2. The molecule has 0 saturated carbocycles. The fraction of sp³-hybridized carbons (Fsp3) is 0.0588. The number of benzene rings is 2. The van der Waals surface area contributed by atoms with Crippen molar-refractivity contribution in [3.63, 3.8) is 0 Å². The molecule has 2 aromatic carbocycles. The van der Waals surface area contributed by atoms with Crippen molar-refractivity contribution in [3.05, 3.63) is 71.6 Å². The summed E-state index contributed by atoms with van der Waals surface area (Å²) in [7, 11) is 0. The molecule has 94 valence electrons. The molecule has 0 N–H and O–H groups in total. The lowest BCUT2D eigenvalue weighted by atomic mass is 10.2. The number of hydrogen-bond donors (Lipinski definition) is 0. The third-order valence-corrected chi connectivity index (χ3v) is 3.85. The topological polar surface area (TPSA) is 9.23 Å².